The molecule has 80 valence electrons. The second-order valence-electron chi connectivity index (χ2n) is 3.19. The topological polar surface area (TPSA) is 39.8 Å². The molecule has 1 aromatic heterocycles. The lowest BCUT2D eigenvalue weighted by Crippen LogP contribution is -2.27. The lowest BCUT2D eigenvalue weighted by molar-refractivity contribution is -0.148. The van der Waals surface area contributed by atoms with E-state index in [-0.39, 0.29) is 0 Å². The van der Waals surface area contributed by atoms with Crippen molar-refractivity contribution in [3.63, 3.8) is 0 Å². The predicted octanol–water partition coefficient (Wildman–Crippen LogP) is 1.18. The zero-order valence-corrected chi connectivity index (χ0v) is 7.96. The van der Waals surface area contributed by atoms with Crippen molar-refractivity contribution in [1.82, 2.24) is 14.3 Å². The monoisotopic (exact) mass is 209 g/mol. The average Bonchev–Trinajstić information content (AvgIpc) is 2.27. The van der Waals surface area contributed by atoms with Gasteiger partial charge in [0.15, 0.2) is 0 Å². The fourth-order valence-corrected chi connectivity index (χ4v) is 1.14. The fourth-order valence-electron chi connectivity index (χ4n) is 1.14. The first-order valence-electron chi connectivity index (χ1n) is 3.98. The summed E-state index contributed by atoms with van der Waals surface area (Å²) in [6, 6.07) is -0.562. The van der Waals surface area contributed by atoms with Crippen LogP contribution in [0.3, 0.4) is 0 Å². The van der Waals surface area contributed by atoms with E-state index in [0.717, 1.165) is 0 Å². The molecule has 7 heteroatoms. The Hall–Kier alpha value is -1.27. The number of hydrogen-bond donors (Lipinski definition) is 0. The molecule has 0 amide bonds. The van der Waals surface area contributed by atoms with Gasteiger partial charge in [0.2, 0.25) is 5.82 Å². The molecule has 0 spiro atoms. The highest BCUT2D eigenvalue weighted by atomic mass is 19.4. The molecule has 0 bridgehead atoms. The number of rotatable bonds is 1. The van der Waals surface area contributed by atoms with Crippen molar-refractivity contribution in [2.24, 2.45) is 7.05 Å². The molecule has 0 aliphatic carbocycles. The standard InChI is InChI=1S/C7H10F3N3O/c1-4(2)13-5(7(8,9)10)11-12(3)6(13)14/h4H,1-3H3. The van der Waals surface area contributed by atoms with Gasteiger partial charge in [-0.25, -0.2) is 9.48 Å². The highest BCUT2D eigenvalue weighted by molar-refractivity contribution is 4.94. The van der Waals surface area contributed by atoms with E-state index in [0.29, 0.717) is 9.25 Å². The van der Waals surface area contributed by atoms with Gasteiger partial charge in [-0.3, -0.25) is 4.57 Å². The van der Waals surface area contributed by atoms with Crippen LogP contribution in [0.25, 0.3) is 0 Å². The van der Waals surface area contributed by atoms with E-state index in [1.807, 2.05) is 0 Å². The third-order valence-corrected chi connectivity index (χ3v) is 1.73. The van der Waals surface area contributed by atoms with Gasteiger partial charge in [-0.2, -0.15) is 13.2 Å². The molecule has 0 radical (unpaired) electrons. The van der Waals surface area contributed by atoms with Crippen LogP contribution in [0.4, 0.5) is 13.2 Å². The van der Waals surface area contributed by atoms with E-state index in [9.17, 15) is 18.0 Å². The van der Waals surface area contributed by atoms with Gasteiger partial charge in [0.05, 0.1) is 0 Å². The molecular weight excluding hydrogens is 199 g/mol. The van der Waals surface area contributed by atoms with Gasteiger partial charge in [-0.15, -0.1) is 5.10 Å². The largest absolute Gasteiger partial charge is 0.451 e. The molecule has 0 aliphatic heterocycles. The molecule has 0 saturated carbocycles. The molecule has 14 heavy (non-hydrogen) atoms. The zero-order valence-electron chi connectivity index (χ0n) is 7.96. The van der Waals surface area contributed by atoms with Gasteiger partial charge in [0, 0.05) is 13.1 Å². The molecule has 0 N–H and O–H groups in total. The highest BCUT2D eigenvalue weighted by Gasteiger charge is 2.39. The number of alkyl halides is 3. The summed E-state index contributed by atoms with van der Waals surface area (Å²) in [4.78, 5) is 11.2. The summed E-state index contributed by atoms with van der Waals surface area (Å²) in [5.74, 6) is -1.15. The predicted molar refractivity (Wildman–Crippen MR) is 42.9 cm³/mol. The van der Waals surface area contributed by atoms with Crippen molar-refractivity contribution in [3.8, 4) is 0 Å². The van der Waals surface area contributed by atoms with Gasteiger partial charge in [0.25, 0.3) is 0 Å². The van der Waals surface area contributed by atoms with Crippen LogP contribution < -0.4 is 5.69 Å². The highest BCUT2D eigenvalue weighted by Crippen LogP contribution is 2.27. The maximum atomic E-state index is 12.4. The molecule has 0 unspecified atom stereocenters. The van der Waals surface area contributed by atoms with E-state index in [2.05, 4.69) is 5.10 Å². The maximum Gasteiger partial charge on any atom is 0.451 e. The summed E-state index contributed by atoms with van der Waals surface area (Å²) < 4.78 is 38.4. The minimum atomic E-state index is -4.59. The van der Waals surface area contributed by atoms with Crippen molar-refractivity contribution >= 4 is 0 Å². The third-order valence-electron chi connectivity index (χ3n) is 1.73. The van der Waals surface area contributed by atoms with Gasteiger partial charge < -0.3 is 0 Å². The Balaban J connectivity index is 3.45. The van der Waals surface area contributed by atoms with Gasteiger partial charge in [0.1, 0.15) is 0 Å². The average molecular weight is 209 g/mol. The molecule has 0 fully saturated rings. The SMILES string of the molecule is CC(C)n1c(C(F)(F)F)nn(C)c1=O. The Morgan fingerprint density at radius 3 is 2.14 bits per heavy atom. The first-order valence-corrected chi connectivity index (χ1v) is 3.98. The number of hydrogen-bond acceptors (Lipinski definition) is 2. The Kier molecular flexibility index (Phi) is 2.43. The maximum absolute atomic E-state index is 12.4. The first kappa shape index (κ1) is 10.8. The molecule has 1 aromatic rings. The number of aryl methyl sites for hydroxylation is 1. The summed E-state index contributed by atoms with van der Waals surface area (Å²) in [6.45, 7) is 3.00. The zero-order chi connectivity index (χ0) is 11.1. The molecule has 0 aromatic carbocycles. The Morgan fingerprint density at radius 1 is 1.36 bits per heavy atom. The van der Waals surface area contributed by atoms with Gasteiger partial charge in [-0.05, 0) is 13.8 Å². The minimum absolute atomic E-state index is 0.562. The summed E-state index contributed by atoms with van der Waals surface area (Å²) in [7, 11) is 1.19. The van der Waals surface area contributed by atoms with Crippen LogP contribution >= 0.6 is 0 Å². The molecule has 4 nitrogen and oxygen atoms in total. The smallest absolute Gasteiger partial charge is 0.269 e. The van der Waals surface area contributed by atoms with E-state index in [4.69, 9.17) is 0 Å². The van der Waals surface area contributed by atoms with Gasteiger partial charge >= 0.3 is 11.9 Å². The normalized spacial score (nSPS) is 12.5. The van der Waals surface area contributed by atoms with Crippen LogP contribution in [-0.4, -0.2) is 14.3 Å². The van der Waals surface area contributed by atoms with Crippen molar-refractivity contribution in [2.75, 3.05) is 0 Å². The molecule has 1 heterocycles. The van der Waals surface area contributed by atoms with Crippen molar-refractivity contribution in [1.29, 1.82) is 0 Å². The number of aromatic nitrogens is 3. The van der Waals surface area contributed by atoms with E-state index < -0.39 is 23.7 Å². The quantitative estimate of drug-likeness (QED) is 0.696. The fraction of sp³-hybridized carbons (Fsp3) is 0.714. The van der Waals surface area contributed by atoms with Crippen LogP contribution in [0, 0.1) is 0 Å². The van der Waals surface area contributed by atoms with Crippen LogP contribution in [0.2, 0.25) is 0 Å². The molecule has 0 saturated heterocycles. The summed E-state index contributed by atoms with van der Waals surface area (Å²) >= 11 is 0. The van der Waals surface area contributed by atoms with Crippen LogP contribution in [0.5, 0.6) is 0 Å². The number of nitrogens with zero attached hydrogens (tertiary/aromatic N) is 3. The summed E-state index contributed by atoms with van der Waals surface area (Å²) in [6.07, 6.45) is -4.59. The second-order valence-corrected chi connectivity index (χ2v) is 3.19. The third kappa shape index (κ3) is 1.66. The Labute approximate surface area is 78.0 Å². The Bertz CT molecular complexity index is 388. The van der Waals surface area contributed by atoms with Gasteiger partial charge in [-0.1, -0.05) is 0 Å². The van der Waals surface area contributed by atoms with Crippen LogP contribution in [0.1, 0.15) is 25.7 Å². The van der Waals surface area contributed by atoms with E-state index >= 15 is 0 Å². The Morgan fingerprint density at radius 2 is 1.86 bits per heavy atom. The molecule has 0 aliphatic rings. The minimum Gasteiger partial charge on any atom is -0.269 e. The molecule has 0 atom stereocenters. The summed E-state index contributed by atoms with van der Waals surface area (Å²) in [5.41, 5.74) is -0.757. The number of halogens is 3. The second kappa shape index (κ2) is 3.14. The first-order chi connectivity index (χ1) is 6.25. The van der Waals surface area contributed by atoms with Crippen molar-refractivity contribution in [2.45, 2.75) is 26.1 Å². The van der Waals surface area contributed by atoms with Crippen LogP contribution in [0.15, 0.2) is 4.79 Å². The van der Waals surface area contributed by atoms with E-state index in [1.54, 1.807) is 0 Å². The lowest BCUT2D eigenvalue weighted by atomic mass is 10.4. The van der Waals surface area contributed by atoms with Crippen molar-refractivity contribution in [3.05, 3.63) is 16.3 Å². The summed E-state index contributed by atoms with van der Waals surface area (Å²) in [5, 5.41) is 3.14. The lowest BCUT2D eigenvalue weighted by Gasteiger charge is -2.10. The van der Waals surface area contributed by atoms with Crippen LogP contribution in [-0.2, 0) is 13.2 Å². The van der Waals surface area contributed by atoms with Crippen molar-refractivity contribution < 1.29 is 13.2 Å². The molecular formula is C7H10F3N3O. The molecule has 1 rings (SSSR count). The van der Waals surface area contributed by atoms with E-state index in [1.165, 1.54) is 20.9 Å².